The van der Waals surface area contributed by atoms with Gasteiger partial charge in [-0.05, 0) is 36.3 Å². The Labute approximate surface area is 197 Å². The van der Waals surface area contributed by atoms with Crippen molar-refractivity contribution < 1.29 is 26.3 Å². The Kier molecular flexibility index (Phi) is 8.02. The smallest absolute Gasteiger partial charge is 0.376 e. The van der Waals surface area contributed by atoms with Crippen LogP contribution in [0.3, 0.4) is 0 Å². The van der Waals surface area contributed by atoms with Crippen LogP contribution in [0.5, 0.6) is 0 Å². The fraction of sp³-hybridized carbons (Fsp3) is 0.318. The number of alkyl halides is 7. The molecule has 0 aliphatic heterocycles. The van der Waals surface area contributed by atoms with Crippen molar-refractivity contribution in [1.29, 1.82) is 0 Å². The standard InChI is InChI=1S/C22H21Cl2F6N3/c1-6-7-13(8-14(11-23)21(25,26)27)19-12(2)15(9-16(24)20(19)32(3)4)17-10-18(22(28,29)30)31-33(17)5/h6-10H,1,11H2,2-5H3/b13-7+,14-8+. The van der Waals surface area contributed by atoms with Crippen LogP contribution in [-0.2, 0) is 13.2 Å². The van der Waals surface area contributed by atoms with E-state index in [1.165, 1.54) is 25.3 Å². The summed E-state index contributed by atoms with van der Waals surface area (Å²) in [5.41, 5.74) is -0.528. The maximum atomic E-state index is 13.4. The first-order chi connectivity index (χ1) is 15.1. The van der Waals surface area contributed by atoms with Crippen molar-refractivity contribution in [3.63, 3.8) is 0 Å². The average Bonchev–Trinajstić information content (AvgIpc) is 3.07. The van der Waals surface area contributed by atoms with Crippen LogP contribution in [0.25, 0.3) is 16.8 Å². The Morgan fingerprint density at radius 1 is 1.18 bits per heavy atom. The van der Waals surface area contributed by atoms with Gasteiger partial charge in [-0.15, -0.1) is 11.6 Å². The summed E-state index contributed by atoms with van der Waals surface area (Å²) in [6, 6.07) is 2.33. The van der Waals surface area contributed by atoms with E-state index < -0.39 is 29.5 Å². The van der Waals surface area contributed by atoms with Crippen molar-refractivity contribution in [3.05, 3.63) is 64.4 Å². The van der Waals surface area contributed by atoms with Gasteiger partial charge in [-0.1, -0.05) is 30.3 Å². The van der Waals surface area contributed by atoms with Gasteiger partial charge in [0.25, 0.3) is 0 Å². The molecular formula is C22H21Cl2F6N3. The highest BCUT2D eigenvalue weighted by Gasteiger charge is 2.36. The summed E-state index contributed by atoms with van der Waals surface area (Å²) in [5, 5.41) is 3.65. The van der Waals surface area contributed by atoms with Gasteiger partial charge in [-0.3, -0.25) is 4.68 Å². The van der Waals surface area contributed by atoms with Crippen LogP contribution in [-0.4, -0.2) is 35.9 Å². The highest BCUT2D eigenvalue weighted by atomic mass is 35.5. The van der Waals surface area contributed by atoms with Gasteiger partial charge < -0.3 is 4.90 Å². The third-order valence-electron chi connectivity index (χ3n) is 4.83. The number of hydrogen-bond acceptors (Lipinski definition) is 2. The molecule has 2 rings (SSSR count). The van der Waals surface area contributed by atoms with Gasteiger partial charge >= 0.3 is 12.4 Å². The van der Waals surface area contributed by atoms with Crippen molar-refractivity contribution in [1.82, 2.24) is 9.78 Å². The summed E-state index contributed by atoms with van der Waals surface area (Å²) < 4.78 is 80.9. The van der Waals surface area contributed by atoms with Crippen LogP contribution in [0.4, 0.5) is 32.0 Å². The molecule has 0 fully saturated rings. The first kappa shape index (κ1) is 26.9. The number of halogens is 8. The molecule has 0 aliphatic carbocycles. The summed E-state index contributed by atoms with van der Waals surface area (Å²) in [4.78, 5) is 1.61. The topological polar surface area (TPSA) is 21.1 Å². The van der Waals surface area contributed by atoms with E-state index in [1.807, 2.05) is 0 Å². The molecule has 33 heavy (non-hydrogen) atoms. The molecule has 0 saturated heterocycles. The van der Waals surface area contributed by atoms with Gasteiger partial charge in [0.2, 0.25) is 0 Å². The second kappa shape index (κ2) is 9.85. The molecule has 0 atom stereocenters. The number of aromatic nitrogens is 2. The third kappa shape index (κ3) is 5.76. The molecule has 0 radical (unpaired) electrons. The first-order valence-electron chi connectivity index (χ1n) is 9.42. The van der Waals surface area contributed by atoms with E-state index in [1.54, 1.807) is 25.9 Å². The molecule has 0 aliphatic rings. The monoisotopic (exact) mass is 511 g/mol. The lowest BCUT2D eigenvalue weighted by atomic mass is 9.91. The van der Waals surface area contributed by atoms with E-state index in [0.717, 1.165) is 16.8 Å². The molecule has 0 unspecified atom stereocenters. The maximum absolute atomic E-state index is 13.4. The minimum absolute atomic E-state index is 0.0983. The lowest BCUT2D eigenvalue weighted by Crippen LogP contribution is -2.15. The van der Waals surface area contributed by atoms with Crippen LogP contribution < -0.4 is 4.90 Å². The number of benzene rings is 1. The summed E-state index contributed by atoms with van der Waals surface area (Å²) in [5.74, 6) is -0.793. The van der Waals surface area contributed by atoms with Gasteiger partial charge in [-0.25, -0.2) is 0 Å². The Morgan fingerprint density at radius 3 is 2.21 bits per heavy atom. The van der Waals surface area contributed by atoms with E-state index >= 15 is 0 Å². The molecule has 0 bridgehead atoms. The normalized spacial score (nSPS) is 13.5. The quantitative estimate of drug-likeness (QED) is 0.228. The second-order valence-electron chi connectivity index (χ2n) is 7.34. The number of anilines is 1. The minimum Gasteiger partial charge on any atom is -0.376 e. The maximum Gasteiger partial charge on any atom is 0.435 e. The highest BCUT2D eigenvalue weighted by molar-refractivity contribution is 6.34. The summed E-state index contributed by atoms with van der Waals surface area (Å²) >= 11 is 12.0. The molecule has 0 amide bonds. The molecule has 11 heteroatoms. The van der Waals surface area contributed by atoms with Crippen LogP contribution in [0.2, 0.25) is 5.02 Å². The average molecular weight is 512 g/mol. The Hall–Kier alpha value is -2.39. The summed E-state index contributed by atoms with van der Waals surface area (Å²) in [6.07, 6.45) is -5.80. The first-order valence-corrected chi connectivity index (χ1v) is 10.3. The van der Waals surface area contributed by atoms with Crippen LogP contribution in [0.1, 0.15) is 16.8 Å². The lowest BCUT2D eigenvalue weighted by Gasteiger charge is -2.24. The SMILES string of the molecule is C=C/C=C(\C=C(/CCl)C(F)(F)F)c1c(C)c(-c2cc(C(F)(F)F)nn2C)cc(Cl)c1N(C)C. The zero-order valence-electron chi connectivity index (χ0n) is 18.2. The van der Waals surface area contributed by atoms with E-state index in [9.17, 15) is 26.3 Å². The van der Waals surface area contributed by atoms with Crippen molar-refractivity contribution in [3.8, 4) is 11.3 Å². The van der Waals surface area contributed by atoms with Gasteiger partial charge in [-0.2, -0.15) is 31.4 Å². The number of hydrogen-bond donors (Lipinski definition) is 0. The molecular weight excluding hydrogens is 491 g/mol. The molecule has 0 spiro atoms. The van der Waals surface area contributed by atoms with E-state index in [-0.39, 0.29) is 21.9 Å². The molecule has 180 valence electrons. The number of allylic oxidation sites excluding steroid dienone is 5. The van der Waals surface area contributed by atoms with Crippen LogP contribution >= 0.6 is 23.2 Å². The number of aryl methyl sites for hydroxylation is 1. The van der Waals surface area contributed by atoms with E-state index in [0.29, 0.717) is 16.8 Å². The van der Waals surface area contributed by atoms with Gasteiger partial charge in [0.05, 0.1) is 22.3 Å². The fourth-order valence-corrected chi connectivity index (χ4v) is 3.97. The minimum atomic E-state index is -4.68. The zero-order chi connectivity index (χ0) is 25.3. The van der Waals surface area contributed by atoms with Crippen molar-refractivity contribution in [2.75, 3.05) is 24.9 Å². The summed E-state index contributed by atoms with van der Waals surface area (Å²) in [7, 11) is 4.64. The summed E-state index contributed by atoms with van der Waals surface area (Å²) in [6.45, 7) is 5.16. The predicted molar refractivity (Wildman–Crippen MR) is 121 cm³/mol. The van der Waals surface area contributed by atoms with Crippen molar-refractivity contribution in [2.45, 2.75) is 19.3 Å². The Morgan fingerprint density at radius 2 is 1.79 bits per heavy atom. The predicted octanol–water partition coefficient (Wildman–Crippen LogP) is 7.43. The third-order valence-corrected chi connectivity index (χ3v) is 5.41. The Balaban J connectivity index is 2.94. The highest BCUT2D eigenvalue weighted by Crippen LogP contribution is 2.43. The van der Waals surface area contributed by atoms with E-state index in [2.05, 4.69) is 11.7 Å². The van der Waals surface area contributed by atoms with Crippen LogP contribution in [0.15, 0.2) is 42.5 Å². The Bertz CT molecular complexity index is 1110. The van der Waals surface area contributed by atoms with Crippen LogP contribution in [0, 0.1) is 6.92 Å². The van der Waals surface area contributed by atoms with Gasteiger partial charge in [0.15, 0.2) is 5.69 Å². The molecule has 1 heterocycles. The second-order valence-corrected chi connectivity index (χ2v) is 8.02. The number of nitrogens with zero attached hydrogens (tertiary/aromatic N) is 3. The molecule has 3 nitrogen and oxygen atoms in total. The molecule has 2 aromatic rings. The van der Waals surface area contributed by atoms with Gasteiger partial charge in [0.1, 0.15) is 0 Å². The van der Waals surface area contributed by atoms with Gasteiger partial charge in [0, 0.05) is 37.8 Å². The van der Waals surface area contributed by atoms with Crippen molar-refractivity contribution >= 4 is 34.5 Å². The molecule has 1 aromatic carbocycles. The number of rotatable bonds is 6. The lowest BCUT2D eigenvalue weighted by molar-refractivity contribution is -0.141. The van der Waals surface area contributed by atoms with E-state index in [4.69, 9.17) is 23.2 Å². The molecule has 0 N–H and O–H groups in total. The fourth-order valence-electron chi connectivity index (χ4n) is 3.36. The largest absolute Gasteiger partial charge is 0.435 e. The molecule has 0 saturated carbocycles. The van der Waals surface area contributed by atoms with Crippen molar-refractivity contribution in [2.24, 2.45) is 7.05 Å². The molecule has 1 aromatic heterocycles. The zero-order valence-corrected chi connectivity index (χ0v) is 19.7.